The summed E-state index contributed by atoms with van der Waals surface area (Å²) in [6.45, 7) is 1.69. The number of aryl methyl sites for hydroxylation is 1. The first-order valence-electron chi connectivity index (χ1n) is 8.15. The van der Waals surface area contributed by atoms with E-state index in [1.165, 1.54) is 13.2 Å². The second-order valence-electron chi connectivity index (χ2n) is 5.69. The van der Waals surface area contributed by atoms with Crippen LogP contribution in [-0.2, 0) is 9.59 Å². The lowest BCUT2D eigenvalue weighted by Crippen LogP contribution is -2.20. The number of benzene rings is 2. The summed E-state index contributed by atoms with van der Waals surface area (Å²) in [5.41, 5.74) is 7.40. The number of carbonyl (C=O) groups is 2. The van der Waals surface area contributed by atoms with Gasteiger partial charge in [-0.25, -0.2) is 0 Å². The maximum atomic E-state index is 12.2. The van der Waals surface area contributed by atoms with Gasteiger partial charge in [-0.1, -0.05) is 12.1 Å². The predicted molar refractivity (Wildman–Crippen MR) is 103 cm³/mol. The Balaban J connectivity index is 2.09. The maximum Gasteiger partial charge on any atom is 0.255 e. The zero-order chi connectivity index (χ0) is 19.8. The number of rotatable bonds is 8. The zero-order valence-corrected chi connectivity index (χ0v) is 15.4. The smallest absolute Gasteiger partial charge is 0.255 e. The minimum Gasteiger partial charge on any atom is -0.495 e. The van der Waals surface area contributed by atoms with E-state index in [0.29, 0.717) is 22.9 Å². The first kappa shape index (κ1) is 19.8. The van der Waals surface area contributed by atoms with E-state index in [2.05, 4.69) is 5.32 Å². The summed E-state index contributed by atoms with van der Waals surface area (Å²) in [5, 5.41) is 2.79. The van der Waals surface area contributed by atoms with E-state index in [0.717, 1.165) is 11.1 Å². The summed E-state index contributed by atoms with van der Waals surface area (Å²) in [6, 6.07) is 10.6. The first-order chi connectivity index (χ1) is 12.9. The molecule has 0 spiro atoms. The van der Waals surface area contributed by atoms with Crippen LogP contribution in [0.4, 0.5) is 5.69 Å². The molecule has 0 heterocycles. The molecule has 142 valence electrons. The number of carbonyl (C=O) groups excluding carboxylic acids is 2. The molecule has 0 bridgehead atoms. The normalized spacial score (nSPS) is 10.5. The highest BCUT2D eigenvalue weighted by Crippen LogP contribution is 2.29. The number of nitrogens with one attached hydrogen (secondary N) is 1. The molecule has 27 heavy (non-hydrogen) atoms. The van der Waals surface area contributed by atoms with Gasteiger partial charge < -0.3 is 25.3 Å². The minimum absolute atomic E-state index is 0.244. The van der Waals surface area contributed by atoms with Crippen LogP contribution in [-0.4, -0.2) is 32.6 Å². The van der Waals surface area contributed by atoms with Gasteiger partial charge in [-0.15, -0.1) is 0 Å². The number of hydrogen-bond donors (Lipinski definition) is 2. The lowest BCUT2D eigenvalue weighted by Gasteiger charge is -2.10. The van der Waals surface area contributed by atoms with Crippen LogP contribution in [0, 0.1) is 6.92 Å². The number of nitrogens with two attached hydrogens (primary N) is 1. The van der Waals surface area contributed by atoms with Gasteiger partial charge in [0.2, 0.25) is 5.91 Å². The maximum absolute atomic E-state index is 12.2. The Hall–Kier alpha value is -3.48. The van der Waals surface area contributed by atoms with Crippen LogP contribution in [0.25, 0.3) is 6.08 Å². The number of amides is 2. The van der Waals surface area contributed by atoms with Gasteiger partial charge in [0.05, 0.1) is 19.9 Å². The molecular formula is C20H22N2O5. The number of methoxy groups -OCH3 is 2. The molecule has 0 radical (unpaired) electrons. The van der Waals surface area contributed by atoms with Gasteiger partial charge in [0.25, 0.3) is 5.91 Å². The first-order valence-corrected chi connectivity index (χ1v) is 8.15. The third-order valence-corrected chi connectivity index (χ3v) is 3.60. The molecule has 0 aliphatic carbocycles. The molecule has 0 unspecified atom stereocenters. The van der Waals surface area contributed by atoms with E-state index in [-0.39, 0.29) is 12.5 Å². The van der Waals surface area contributed by atoms with Gasteiger partial charge >= 0.3 is 0 Å². The third kappa shape index (κ3) is 5.78. The van der Waals surface area contributed by atoms with Crippen molar-refractivity contribution in [3.8, 4) is 17.2 Å². The molecule has 0 aliphatic rings. The summed E-state index contributed by atoms with van der Waals surface area (Å²) in [5.74, 6) is 0.526. The van der Waals surface area contributed by atoms with Crippen LogP contribution in [0.1, 0.15) is 11.1 Å². The molecule has 0 fully saturated rings. The quantitative estimate of drug-likeness (QED) is 0.696. The summed E-state index contributed by atoms with van der Waals surface area (Å²) in [4.78, 5) is 23.0. The van der Waals surface area contributed by atoms with E-state index < -0.39 is 5.91 Å². The van der Waals surface area contributed by atoms with Crippen LogP contribution >= 0.6 is 0 Å². The van der Waals surface area contributed by atoms with E-state index in [1.807, 2.05) is 19.1 Å². The number of primary amides is 1. The molecule has 0 aromatic heterocycles. The van der Waals surface area contributed by atoms with Crippen LogP contribution in [0.2, 0.25) is 0 Å². The highest BCUT2D eigenvalue weighted by atomic mass is 16.5. The molecule has 0 saturated carbocycles. The lowest BCUT2D eigenvalue weighted by molar-refractivity contribution is -0.120. The van der Waals surface area contributed by atoms with Crippen molar-refractivity contribution in [1.82, 2.24) is 0 Å². The van der Waals surface area contributed by atoms with Gasteiger partial charge in [-0.05, 0) is 48.4 Å². The Kier molecular flexibility index (Phi) is 6.82. The molecule has 0 saturated heterocycles. The molecule has 0 aliphatic heterocycles. The third-order valence-electron chi connectivity index (χ3n) is 3.60. The molecule has 2 aromatic carbocycles. The van der Waals surface area contributed by atoms with Crippen molar-refractivity contribution in [3.63, 3.8) is 0 Å². The molecule has 7 heteroatoms. The van der Waals surface area contributed by atoms with E-state index in [9.17, 15) is 9.59 Å². The standard InChI is InChI=1S/C20H22N2O5/c1-13-4-7-16(25-2)15(10-13)22-20(24)9-6-14-5-8-17(18(11-14)26-3)27-12-19(21)23/h4-11H,12H2,1-3H3,(H2,21,23)(H,22,24)/b9-6+. The van der Waals surface area contributed by atoms with E-state index >= 15 is 0 Å². The largest absolute Gasteiger partial charge is 0.495 e. The fourth-order valence-electron chi connectivity index (χ4n) is 2.32. The van der Waals surface area contributed by atoms with Gasteiger partial charge in [0.15, 0.2) is 18.1 Å². The van der Waals surface area contributed by atoms with E-state index in [1.54, 1.807) is 37.5 Å². The van der Waals surface area contributed by atoms with Crippen molar-refractivity contribution < 1.29 is 23.8 Å². The summed E-state index contributed by atoms with van der Waals surface area (Å²) < 4.78 is 15.8. The van der Waals surface area contributed by atoms with Crippen molar-refractivity contribution in [1.29, 1.82) is 0 Å². The fourth-order valence-corrected chi connectivity index (χ4v) is 2.32. The van der Waals surface area contributed by atoms with Crippen molar-refractivity contribution >= 4 is 23.6 Å². The van der Waals surface area contributed by atoms with Gasteiger partial charge in [-0.3, -0.25) is 9.59 Å². The lowest BCUT2D eigenvalue weighted by atomic mass is 10.1. The molecule has 3 N–H and O–H groups in total. The molecule has 7 nitrogen and oxygen atoms in total. The van der Waals surface area contributed by atoms with E-state index in [4.69, 9.17) is 19.9 Å². The summed E-state index contributed by atoms with van der Waals surface area (Å²) >= 11 is 0. The van der Waals surface area contributed by atoms with Crippen LogP contribution in [0.15, 0.2) is 42.5 Å². The molecule has 2 amide bonds. The van der Waals surface area contributed by atoms with Crippen molar-refractivity contribution in [2.45, 2.75) is 6.92 Å². The topological polar surface area (TPSA) is 99.9 Å². The number of anilines is 1. The highest BCUT2D eigenvalue weighted by Gasteiger charge is 2.08. The monoisotopic (exact) mass is 370 g/mol. The van der Waals surface area contributed by atoms with Crippen molar-refractivity contribution in [3.05, 3.63) is 53.6 Å². The van der Waals surface area contributed by atoms with Crippen LogP contribution in [0.3, 0.4) is 0 Å². The molecule has 0 atom stereocenters. The van der Waals surface area contributed by atoms with Crippen molar-refractivity contribution in [2.75, 3.05) is 26.1 Å². The Labute approximate surface area is 157 Å². The Morgan fingerprint density at radius 2 is 1.74 bits per heavy atom. The number of ether oxygens (including phenoxy) is 3. The minimum atomic E-state index is -0.579. The molecular weight excluding hydrogens is 348 g/mol. The highest BCUT2D eigenvalue weighted by molar-refractivity contribution is 6.02. The van der Waals surface area contributed by atoms with Gasteiger partial charge in [0, 0.05) is 6.08 Å². The van der Waals surface area contributed by atoms with Crippen LogP contribution in [0.5, 0.6) is 17.2 Å². The SMILES string of the molecule is COc1ccc(C)cc1NC(=O)/C=C/c1ccc(OCC(N)=O)c(OC)c1. The second kappa shape index (κ2) is 9.28. The molecule has 2 rings (SSSR count). The second-order valence-corrected chi connectivity index (χ2v) is 5.69. The predicted octanol–water partition coefficient (Wildman–Crippen LogP) is 2.53. The van der Waals surface area contributed by atoms with Crippen molar-refractivity contribution in [2.24, 2.45) is 5.73 Å². The average Bonchev–Trinajstić information content (AvgIpc) is 2.65. The average molecular weight is 370 g/mol. The summed E-state index contributed by atoms with van der Waals surface area (Å²) in [6.07, 6.45) is 3.04. The zero-order valence-electron chi connectivity index (χ0n) is 15.4. The van der Waals surface area contributed by atoms with Crippen LogP contribution < -0.4 is 25.3 Å². The van der Waals surface area contributed by atoms with Gasteiger partial charge in [0.1, 0.15) is 5.75 Å². The van der Waals surface area contributed by atoms with Gasteiger partial charge in [-0.2, -0.15) is 0 Å². The Bertz CT molecular complexity index is 861. The summed E-state index contributed by atoms with van der Waals surface area (Å²) in [7, 11) is 3.03. The Morgan fingerprint density at radius 3 is 2.41 bits per heavy atom. The Morgan fingerprint density at radius 1 is 1.04 bits per heavy atom. The fraction of sp³-hybridized carbons (Fsp3) is 0.200. The number of hydrogen-bond acceptors (Lipinski definition) is 5. The molecule has 2 aromatic rings.